The predicted octanol–water partition coefficient (Wildman–Crippen LogP) is 3.74. The summed E-state index contributed by atoms with van der Waals surface area (Å²) in [5.41, 5.74) is 3.13. The van der Waals surface area contributed by atoms with Gasteiger partial charge in [-0.15, -0.1) is 24.0 Å². The van der Waals surface area contributed by atoms with Crippen LogP contribution in [-0.4, -0.2) is 53.5 Å². The third-order valence-electron chi connectivity index (χ3n) is 5.29. The minimum absolute atomic E-state index is 0. The number of nitrogens with zero attached hydrogens (tertiary/aromatic N) is 4. The van der Waals surface area contributed by atoms with Crippen molar-refractivity contribution in [2.45, 2.75) is 32.9 Å². The number of hydrogen-bond acceptors (Lipinski definition) is 3. The molecule has 34 heavy (non-hydrogen) atoms. The van der Waals surface area contributed by atoms with Crippen molar-refractivity contribution < 1.29 is 4.79 Å². The summed E-state index contributed by atoms with van der Waals surface area (Å²) in [7, 11) is 3.53. The van der Waals surface area contributed by atoms with Gasteiger partial charge in [-0.1, -0.05) is 42.5 Å². The highest BCUT2D eigenvalue weighted by Crippen LogP contribution is 2.08. The van der Waals surface area contributed by atoms with Gasteiger partial charge in [-0.05, 0) is 43.0 Å². The van der Waals surface area contributed by atoms with Crippen LogP contribution in [0.5, 0.6) is 0 Å². The van der Waals surface area contributed by atoms with Crippen molar-refractivity contribution in [3.8, 4) is 0 Å². The minimum atomic E-state index is 0. The zero-order valence-electron chi connectivity index (χ0n) is 20.2. The lowest BCUT2D eigenvalue weighted by Gasteiger charge is -2.13. The van der Waals surface area contributed by atoms with Crippen LogP contribution in [0.25, 0.3) is 0 Å². The van der Waals surface area contributed by atoms with E-state index in [1.165, 1.54) is 5.56 Å². The Balaban J connectivity index is 0.00000408. The molecule has 0 bridgehead atoms. The Bertz CT molecular complexity index is 1050. The number of hydrogen-bond donors (Lipinski definition) is 2. The first-order valence-electron chi connectivity index (χ1n) is 11.4. The van der Waals surface area contributed by atoms with Gasteiger partial charge in [-0.2, -0.15) is 0 Å². The first-order chi connectivity index (χ1) is 16.1. The first-order valence-corrected chi connectivity index (χ1v) is 11.4. The van der Waals surface area contributed by atoms with Crippen molar-refractivity contribution in [2.24, 2.45) is 4.99 Å². The molecule has 0 atom stereocenters. The topological polar surface area (TPSA) is 74.5 Å². The highest BCUT2D eigenvalue weighted by atomic mass is 127. The maximum absolute atomic E-state index is 12.2. The van der Waals surface area contributed by atoms with Gasteiger partial charge < -0.3 is 20.1 Å². The van der Waals surface area contributed by atoms with Gasteiger partial charge in [-0.25, -0.2) is 9.98 Å². The van der Waals surface area contributed by atoms with Crippen molar-refractivity contribution >= 4 is 35.8 Å². The number of amides is 1. The molecule has 1 heterocycles. The van der Waals surface area contributed by atoms with E-state index in [4.69, 9.17) is 4.99 Å². The number of imidazole rings is 1. The predicted molar refractivity (Wildman–Crippen MR) is 149 cm³/mol. The number of aliphatic imine (C=N–C) groups is 1. The molecule has 0 aliphatic carbocycles. The van der Waals surface area contributed by atoms with Crippen LogP contribution in [0.1, 0.15) is 34.2 Å². The number of rotatable bonds is 10. The quantitative estimate of drug-likeness (QED) is 0.220. The molecule has 1 amide bonds. The van der Waals surface area contributed by atoms with Gasteiger partial charge in [0.15, 0.2) is 5.96 Å². The average Bonchev–Trinajstić information content (AvgIpc) is 3.29. The van der Waals surface area contributed by atoms with Gasteiger partial charge in [0.25, 0.3) is 5.91 Å². The maximum atomic E-state index is 12.2. The van der Waals surface area contributed by atoms with Crippen molar-refractivity contribution in [1.29, 1.82) is 0 Å². The fourth-order valence-electron chi connectivity index (χ4n) is 3.52. The van der Waals surface area contributed by atoms with E-state index in [1.54, 1.807) is 19.0 Å². The number of carbonyl (C=O) groups is 1. The zero-order chi connectivity index (χ0) is 23.5. The number of guanidine groups is 1. The summed E-state index contributed by atoms with van der Waals surface area (Å²) in [6.07, 6.45) is 5.60. The monoisotopic (exact) mass is 574 g/mol. The second-order valence-corrected chi connectivity index (χ2v) is 8.04. The number of benzene rings is 2. The molecule has 7 nitrogen and oxygen atoms in total. The Hall–Kier alpha value is -2.88. The van der Waals surface area contributed by atoms with E-state index >= 15 is 0 Å². The second-order valence-electron chi connectivity index (χ2n) is 8.04. The number of carbonyl (C=O) groups excluding carboxylic acids is 1. The van der Waals surface area contributed by atoms with Crippen LogP contribution < -0.4 is 10.6 Å². The van der Waals surface area contributed by atoms with Crippen LogP contribution in [0.3, 0.4) is 0 Å². The lowest BCUT2D eigenvalue weighted by Crippen LogP contribution is -2.38. The lowest BCUT2D eigenvalue weighted by atomic mass is 10.1. The summed E-state index contributed by atoms with van der Waals surface area (Å²) >= 11 is 0. The Morgan fingerprint density at radius 2 is 1.79 bits per heavy atom. The van der Waals surface area contributed by atoms with Crippen LogP contribution in [0.2, 0.25) is 0 Å². The molecule has 182 valence electrons. The van der Waals surface area contributed by atoms with Crippen molar-refractivity contribution in [2.75, 3.05) is 27.2 Å². The molecule has 8 heteroatoms. The molecule has 2 aromatic carbocycles. The Labute approximate surface area is 219 Å². The minimum Gasteiger partial charge on any atom is -0.357 e. The molecule has 0 fully saturated rings. The van der Waals surface area contributed by atoms with E-state index in [1.807, 2.05) is 49.6 Å². The molecule has 0 aliphatic rings. The summed E-state index contributed by atoms with van der Waals surface area (Å²) in [4.78, 5) is 23.0. The van der Waals surface area contributed by atoms with Crippen LogP contribution >= 0.6 is 24.0 Å². The Morgan fingerprint density at radius 1 is 1.03 bits per heavy atom. The second kappa shape index (κ2) is 14.4. The summed E-state index contributed by atoms with van der Waals surface area (Å²) in [6.45, 7) is 4.92. The molecule has 0 radical (unpaired) electrons. The van der Waals surface area contributed by atoms with Crippen LogP contribution in [0.4, 0.5) is 0 Å². The van der Waals surface area contributed by atoms with E-state index in [0.29, 0.717) is 18.7 Å². The van der Waals surface area contributed by atoms with E-state index in [0.717, 1.165) is 43.3 Å². The third-order valence-corrected chi connectivity index (χ3v) is 5.29. The fraction of sp³-hybridized carbons (Fsp3) is 0.346. The van der Waals surface area contributed by atoms with E-state index in [9.17, 15) is 4.79 Å². The van der Waals surface area contributed by atoms with Gasteiger partial charge in [-0.3, -0.25) is 4.79 Å². The van der Waals surface area contributed by atoms with E-state index < -0.39 is 0 Å². The summed E-state index contributed by atoms with van der Waals surface area (Å²) in [5, 5.41) is 6.68. The normalized spacial score (nSPS) is 11.0. The SMILES string of the molecule is CCNC(=NCc1nccn1CCc1ccccc1)NCCc1cccc(C(=O)N(C)C)c1.I. The number of halogens is 1. The third kappa shape index (κ3) is 8.48. The number of aromatic nitrogens is 2. The molecule has 2 N–H and O–H groups in total. The van der Waals surface area contributed by atoms with Gasteiger partial charge in [0, 0.05) is 51.7 Å². The molecule has 1 aromatic heterocycles. The lowest BCUT2D eigenvalue weighted by molar-refractivity contribution is 0.0827. The van der Waals surface area contributed by atoms with Crippen LogP contribution in [0.15, 0.2) is 72.0 Å². The van der Waals surface area contributed by atoms with Gasteiger partial charge >= 0.3 is 0 Å². The van der Waals surface area contributed by atoms with Gasteiger partial charge in [0.2, 0.25) is 0 Å². The Morgan fingerprint density at radius 3 is 2.53 bits per heavy atom. The molecule has 0 unspecified atom stereocenters. The first kappa shape index (κ1) is 27.4. The van der Waals surface area contributed by atoms with E-state index in [-0.39, 0.29) is 29.9 Å². The molecule has 0 saturated heterocycles. The van der Waals surface area contributed by atoms with Gasteiger partial charge in [0.1, 0.15) is 12.4 Å². The zero-order valence-corrected chi connectivity index (χ0v) is 22.5. The summed E-state index contributed by atoms with van der Waals surface area (Å²) < 4.78 is 2.16. The molecular weight excluding hydrogens is 539 g/mol. The van der Waals surface area contributed by atoms with Crippen molar-refractivity contribution in [3.63, 3.8) is 0 Å². The number of aryl methyl sites for hydroxylation is 2. The molecule has 3 rings (SSSR count). The molecule has 0 aliphatic heterocycles. The van der Waals surface area contributed by atoms with Crippen molar-refractivity contribution in [3.05, 3.63) is 89.5 Å². The van der Waals surface area contributed by atoms with Gasteiger partial charge in [0.05, 0.1) is 0 Å². The molecular formula is C26H35IN6O. The smallest absolute Gasteiger partial charge is 0.253 e. The Kier molecular flexibility index (Phi) is 11.6. The fourth-order valence-corrected chi connectivity index (χ4v) is 3.52. The van der Waals surface area contributed by atoms with Crippen molar-refractivity contribution in [1.82, 2.24) is 25.1 Å². The maximum Gasteiger partial charge on any atom is 0.253 e. The summed E-state index contributed by atoms with van der Waals surface area (Å²) in [6, 6.07) is 18.3. The highest BCUT2D eigenvalue weighted by molar-refractivity contribution is 14.0. The van der Waals surface area contributed by atoms with E-state index in [2.05, 4.69) is 44.5 Å². The molecule has 0 saturated carbocycles. The van der Waals surface area contributed by atoms with Crippen LogP contribution in [0, 0.1) is 0 Å². The van der Waals surface area contributed by atoms with Crippen LogP contribution in [-0.2, 0) is 25.9 Å². The summed E-state index contributed by atoms with van der Waals surface area (Å²) in [5.74, 6) is 1.72. The number of nitrogens with one attached hydrogen (secondary N) is 2. The highest BCUT2D eigenvalue weighted by Gasteiger charge is 2.08. The molecule has 0 spiro atoms. The molecule has 3 aromatic rings. The largest absolute Gasteiger partial charge is 0.357 e. The average molecular weight is 575 g/mol. The standard InChI is InChI=1S/C26H34N6O.HI/c1-4-27-26(29-15-13-22-11-8-12-23(19-22)25(33)31(2)3)30-20-24-28-16-18-32(24)17-14-21-9-6-5-7-10-21;/h5-12,16,18-19H,4,13-15,17,20H2,1-3H3,(H2,27,29,30);1H.